The molecule has 0 atom stereocenters. The molecule has 0 aliphatic carbocycles. The van der Waals surface area contributed by atoms with Gasteiger partial charge in [-0.1, -0.05) is 6.07 Å². The first kappa shape index (κ1) is 17.1. The van der Waals surface area contributed by atoms with Gasteiger partial charge in [-0.25, -0.2) is 13.2 Å². The van der Waals surface area contributed by atoms with Crippen molar-refractivity contribution in [3.63, 3.8) is 0 Å². The van der Waals surface area contributed by atoms with Gasteiger partial charge in [0, 0.05) is 12.7 Å². The van der Waals surface area contributed by atoms with Crippen LogP contribution in [0.5, 0.6) is 0 Å². The van der Waals surface area contributed by atoms with Gasteiger partial charge in [0.05, 0.1) is 18.4 Å². The molecule has 8 heteroatoms. The smallest absolute Gasteiger partial charge is 0.336 e. The number of hydrogen-bond donors (Lipinski definition) is 2. The predicted octanol–water partition coefficient (Wildman–Crippen LogP) is 0.832. The molecule has 1 amide bonds. The number of hydrogen-bond acceptors (Lipinski definition) is 4. The Morgan fingerprint density at radius 1 is 1.24 bits per heavy atom. The third-order valence-corrected chi connectivity index (χ3v) is 4.27. The van der Waals surface area contributed by atoms with Crippen LogP contribution in [-0.2, 0) is 14.8 Å². The molecule has 0 radical (unpaired) electrons. The van der Waals surface area contributed by atoms with Gasteiger partial charge < -0.3 is 10.4 Å². The van der Waals surface area contributed by atoms with Crippen LogP contribution in [0.3, 0.4) is 0 Å². The van der Waals surface area contributed by atoms with Crippen LogP contribution in [0.15, 0.2) is 12.1 Å². The van der Waals surface area contributed by atoms with Gasteiger partial charge in [-0.15, -0.1) is 0 Å². The van der Waals surface area contributed by atoms with Crippen molar-refractivity contribution < 1.29 is 23.1 Å². The fraction of sp³-hybridized carbons (Fsp3) is 0.385. The number of nitrogens with zero attached hydrogens (tertiary/aromatic N) is 1. The van der Waals surface area contributed by atoms with Gasteiger partial charge in [0.2, 0.25) is 15.9 Å². The summed E-state index contributed by atoms with van der Waals surface area (Å²) in [6.07, 6.45) is 1.000. The number of benzene rings is 1. The Kier molecular flexibility index (Phi) is 5.08. The fourth-order valence-electron chi connectivity index (χ4n) is 1.73. The lowest BCUT2D eigenvalue weighted by Gasteiger charge is -2.15. The Labute approximate surface area is 123 Å². The zero-order chi connectivity index (χ0) is 16.4. The average Bonchev–Trinajstić information content (AvgIpc) is 2.30. The number of sulfonamides is 1. The first-order chi connectivity index (χ1) is 9.52. The van der Waals surface area contributed by atoms with Gasteiger partial charge in [0.25, 0.3) is 0 Å². The van der Waals surface area contributed by atoms with Crippen LogP contribution in [0.1, 0.15) is 21.5 Å². The Balaban J connectivity index is 2.96. The number of carboxylic acids is 1. The summed E-state index contributed by atoms with van der Waals surface area (Å²) >= 11 is 0. The minimum Gasteiger partial charge on any atom is -0.478 e. The van der Waals surface area contributed by atoms with E-state index < -0.39 is 21.9 Å². The molecule has 2 N–H and O–H groups in total. The second-order valence-corrected chi connectivity index (χ2v) is 6.94. The van der Waals surface area contributed by atoms with E-state index in [0.29, 0.717) is 16.8 Å². The van der Waals surface area contributed by atoms with Crippen molar-refractivity contribution in [1.29, 1.82) is 0 Å². The molecule has 0 fully saturated rings. The zero-order valence-corrected chi connectivity index (χ0v) is 13.1. The molecule has 116 valence electrons. The van der Waals surface area contributed by atoms with Crippen molar-refractivity contribution in [3.8, 4) is 0 Å². The summed E-state index contributed by atoms with van der Waals surface area (Å²) in [4.78, 5) is 22.9. The van der Waals surface area contributed by atoms with Gasteiger partial charge in [-0.2, -0.15) is 4.31 Å². The second kappa shape index (κ2) is 6.23. The summed E-state index contributed by atoms with van der Waals surface area (Å²) in [6.45, 7) is 3.06. The van der Waals surface area contributed by atoms with Crippen molar-refractivity contribution >= 4 is 27.6 Å². The molecule has 7 nitrogen and oxygen atoms in total. The third-order valence-electron chi connectivity index (χ3n) is 3.01. The highest BCUT2D eigenvalue weighted by atomic mass is 32.2. The van der Waals surface area contributed by atoms with Gasteiger partial charge in [0.1, 0.15) is 0 Å². The van der Waals surface area contributed by atoms with Crippen molar-refractivity contribution in [3.05, 3.63) is 28.8 Å². The highest BCUT2D eigenvalue weighted by molar-refractivity contribution is 7.88. The Morgan fingerprint density at radius 3 is 2.29 bits per heavy atom. The zero-order valence-electron chi connectivity index (χ0n) is 12.3. The molecule has 0 bridgehead atoms. The summed E-state index contributed by atoms with van der Waals surface area (Å²) in [5.41, 5.74) is 1.73. The number of aryl methyl sites for hydroxylation is 2. The summed E-state index contributed by atoms with van der Waals surface area (Å²) < 4.78 is 23.4. The lowest BCUT2D eigenvalue weighted by atomic mass is 10.0. The molecule has 0 aliphatic rings. The first-order valence-corrected chi connectivity index (χ1v) is 7.93. The van der Waals surface area contributed by atoms with Crippen LogP contribution in [0.25, 0.3) is 0 Å². The number of anilines is 1. The summed E-state index contributed by atoms with van der Waals surface area (Å²) in [7, 11) is -2.16. The van der Waals surface area contributed by atoms with E-state index >= 15 is 0 Å². The minimum atomic E-state index is -3.45. The van der Waals surface area contributed by atoms with E-state index in [1.165, 1.54) is 13.1 Å². The molecule has 0 aromatic heterocycles. The van der Waals surface area contributed by atoms with Crippen LogP contribution < -0.4 is 5.32 Å². The Morgan fingerprint density at radius 2 is 1.81 bits per heavy atom. The van der Waals surface area contributed by atoms with E-state index in [2.05, 4.69) is 5.32 Å². The minimum absolute atomic E-state index is 0.0902. The van der Waals surface area contributed by atoms with E-state index in [0.717, 1.165) is 10.6 Å². The van der Waals surface area contributed by atoms with Gasteiger partial charge in [0.15, 0.2) is 0 Å². The van der Waals surface area contributed by atoms with E-state index in [9.17, 15) is 18.0 Å². The number of likely N-dealkylation sites (N-methyl/N-ethyl adjacent to an activating group) is 1. The summed E-state index contributed by atoms with van der Waals surface area (Å²) in [5.74, 6) is -1.62. The van der Waals surface area contributed by atoms with Gasteiger partial charge >= 0.3 is 5.97 Å². The first-order valence-electron chi connectivity index (χ1n) is 6.08. The van der Waals surface area contributed by atoms with E-state index in [4.69, 9.17) is 5.11 Å². The Bertz CT molecular complexity index is 682. The number of carbonyl (C=O) groups is 2. The van der Waals surface area contributed by atoms with Crippen molar-refractivity contribution in [2.24, 2.45) is 0 Å². The number of amides is 1. The van der Waals surface area contributed by atoms with Crippen LogP contribution in [0.4, 0.5) is 5.69 Å². The number of rotatable bonds is 5. The van der Waals surface area contributed by atoms with E-state index in [1.54, 1.807) is 19.9 Å². The monoisotopic (exact) mass is 314 g/mol. The SMILES string of the molecule is Cc1cc(C)c(C(=O)O)cc1NC(=O)CN(C)S(C)(=O)=O. The molecule has 0 saturated heterocycles. The van der Waals surface area contributed by atoms with Gasteiger partial charge in [-0.05, 0) is 31.0 Å². The fourth-order valence-corrected chi connectivity index (χ4v) is 2.08. The van der Waals surface area contributed by atoms with Crippen LogP contribution in [0, 0.1) is 13.8 Å². The third kappa shape index (κ3) is 4.54. The lowest BCUT2D eigenvalue weighted by molar-refractivity contribution is -0.116. The molecule has 0 spiro atoms. The molecule has 0 aliphatic heterocycles. The van der Waals surface area contributed by atoms with E-state index in [-0.39, 0.29) is 12.1 Å². The molecule has 0 unspecified atom stereocenters. The maximum atomic E-state index is 11.8. The standard InChI is InChI=1S/C13H18N2O5S/c1-8-5-9(2)11(6-10(8)13(17)18)14-12(16)7-15(3)21(4,19)20/h5-6H,7H2,1-4H3,(H,14,16)(H,17,18). The van der Waals surface area contributed by atoms with Crippen molar-refractivity contribution in [1.82, 2.24) is 4.31 Å². The second-order valence-electron chi connectivity index (χ2n) is 4.85. The molecule has 0 saturated carbocycles. The Hall–Kier alpha value is -1.93. The molecule has 1 rings (SSSR count). The van der Waals surface area contributed by atoms with Crippen molar-refractivity contribution in [2.75, 3.05) is 25.2 Å². The van der Waals surface area contributed by atoms with Crippen LogP contribution >= 0.6 is 0 Å². The molecular weight excluding hydrogens is 296 g/mol. The topological polar surface area (TPSA) is 104 Å². The highest BCUT2D eigenvalue weighted by Gasteiger charge is 2.17. The number of carboxylic acid groups (broad SMARTS) is 1. The van der Waals surface area contributed by atoms with Crippen molar-refractivity contribution in [2.45, 2.75) is 13.8 Å². The molecular formula is C13H18N2O5S. The largest absolute Gasteiger partial charge is 0.478 e. The van der Waals surface area contributed by atoms with Gasteiger partial charge in [-0.3, -0.25) is 4.79 Å². The summed E-state index contributed by atoms with van der Waals surface area (Å²) in [5, 5.41) is 11.6. The normalized spacial score (nSPS) is 11.5. The molecule has 1 aromatic carbocycles. The lowest BCUT2D eigenvalue weighted by Crippen LogP contribution is -2.34. The van der Waals surface area contributed by atoms with Crippen LogP contribution in [0.2, 0.25) is 0 Å². The highest BCUT2D eigenvalue weighted by Crippen LogP contribution is 2.20. The molecule has 21 heavy (non-hydrogen) atoms. The van der Waals surface area contributed by atoms with Crippen LogP contribution in [-0.4, -0.2) is 49.6 Å². The maximum absolute atomic E-state index is 11.8. The molecule has 1 aromatic rings. The van der Waals surface area contributed by atoms with E-state index in [1.807, 2.05) is 0 Å². The maximum Gasteiger partial charge on any atom is 0.336 e. The predicted molar refractivity (Wildman–Crippen MR) is 79.0 cm³/mol. The number of aromatic carboxylic acids is 1. The number of nitrogens with one attached hydrogen (secondary N) is 1. The average molecular weight is 314 g/mol. The number of carbonyl (C=O) groups excluding carboxylic acids is 1. The quantitative estimate of drug-likeness (QED) is 0.838. The summed E-state index contributed by atoms with van der Waals surface area (Å²) in [6, 6.07) is 3.02. The molecule has 0 heterocycles.